The molecular formula is C10H21N3O. The Morgan fingerprint density at radius 3 is 2.71 bits per heavy atom. The minimum Gasteiger partial charge on any atom is -0.347 e. The summed E-state index contributed by atoms with van der Waals surface area (Å²) in [5.74, 6) is 0.194. The lowest BCUT2D eigenvalue weighted by Gasteiger charge is -2.36. The molecule has 1 N–H and O–H groups in total. The molecule has 0 aromatic heterocycles. The first kappa shape index (κ1) is 11.5. The summed E-state index contributed by atoms with van der Waals surface area (Å²) in [6.07, 6.45) is 0. The van der Waals surface area contributed by atoms with Crippen LogP contribution in [0.1, 0.15) is 13.8 Å². The number of hydrogen-bond donors (Lipinski definition) is 1. The predicted octanol–water partition coefficient (Wildman–Crippen LogP) is -0.243. The van der Waals surface area contributed by atoms with Gasteiger partial charge in [-0.1, -0.05) is 0 Å². The van der Waals surface area contributed by atoms with Crippen LogP contribution in [0, 0.1) is 0 Å². The van der Waals surface area contributed by atoms with Crippen molar-refractivity contribution in [2.45, 2.75) is 25.9 Å². The van der Waals surface area contributed by atoms with E-state index in [2.05, 4.69) is 17.1 Å². The number of rotatable bonds is 2. The number of carbonyl (C=O) groups excluding carboxylic acids is 1. The highest BCUT2D eigenvalue weighted by molar-refractivity contribution is 5.80. The Morgan fingerprint density at radius 2 is 2.21 bits per heavy atom. The number of hydrogen-bond acceptors (Lipinski definition) is 3. The third-order valence-corrected chi connectivity index (χ3v) is 2.75. The SMILES string of the molecule is CC(C(=O)N(C)C)N1CCN[C@@H](C)C1. The van der Waals surface area contributed by atoms with Crippen molar-refractivity contribution < 1.29 is 4.79 Å². The van der Waals surface area contributed by atoms with Crippen molar-refractivity contribution >= 4 is 5.91 Å². The van der Waals surface area contributed by atoms with E-state index < -0.39 is 0 Å². The largest absolute Gasteiger partial charge is 0.347 e. The molecular weight excluding hydrogens is 178 g/mol. The minimum absolute atomic E-state index is 0.00884. The molecule has 1 fully saturated rings. The van der Waals surface area contributed by atoms with Crippen LogP contribution in [0.2, 0.25) is 0 Å². The van der Waals surface area contributed by atoms with Gasteiger partial charge in [0.25, 0.3) is 0 Å². The highest BCUT2D eigenvalue weighted by Gasteiger charge is 2.25. The lowest BCUT2D eigenvalue weighted by molar-refractivity contribution is -0.134. The second-order valence-electron chi connectivity index (χ2n) is 4.26. The molecule has 0 saturated carbocycles. The summed E-state index contributed by atoms with van der Waals surface area (Å²) < 4.78 is 0. The Bertz CT molecular complexity index is 206. The normalized spacial score (nSPS) is 25.9. The summed E-state index contributed by atoms with van der Waals surface area (Å²) in [6, 6.07) is 0.496. The van der Waals surface area contributed by atoms with Crippen molar-refractivity contribution in [3.8, 4) is 0 Å². The standard InChI is InChI=1S/C10H21N3O/c1-8-7-13(6-5-11-8)9(2)10(14)12(3)4/h8-9,11H,5-7H2,1-4H3/t8-,9?/m0/s1. The molecule has 4 nitrogen and oxygen atoms in total. The van der Waals surface area contributed by atoms with Gasteiger partial charge in [-0.05, 0) is 13.8 Å². The highest BCUT2D eigenvalue weighted by atomic mass is 16.2. The van der Waals surface area contributed by atoms with Crippen molar-refractivity contribution in [2.75, 3.05) is 33.7 Å². The van der Waals surface area contributed by atoms with E-state index >= 15 is 0 Å². The maximum Gasteiger partial charge on any atom is 0.239 e. The number of nitrogens with zero attached hydrogens (tertiary/aromatic N) is 2. The predicted molar refractivity (Wildman–Crippen MR) is 57.2 cm³/mol. The van der Waals surface area contributed by atoms with Gasteiger partial charge in [0, 0.05) is 39.8 Å². The molecule has 1 amide bonds. The van der Waals surface area contributed by atoms with Crippen molar-refractivity contribution in [2.24, 2.45) is 0 Å². The maximum absolute atomic E-state index is 11.7. The number of carbonyl (C=O) groups is 1. The first-order chi connectivity index (χ1) is 6.52. The minimum atomic E-state index is 0.00884. The monoisotopic (exact) mass is 199 g/mol. The molecule has 1 heterocycles. The van der Waals surface area contributed by atoms with Crippen LogP contribution in [0.3, 0.4) is 0 Å². The maximum atomic E-state index is 11.7. The van der Waals surface area contributed by atoms with E-state index in [1.165, 1.54) is 0 Å². The van der Waals surface area contributed by atoms with E-state index in [1.807, 2.05) is 21.0 Å². The van der Waals surface area contributed by atoms with Crippen LogP contribution in [-0.4, -0.2) is 61.5 Å². The van der Waals surface area contributed by atoms with E-state index in [1.54, 1.807) is 4.90 Å². The summed E-state index contributed by atoms with van der Waals surface area (Å²) in [6.45, 7) is 7.04. The van der Waals surface area contributed by atoms with Gasteiger partial charge in [-0.25, -0.2) is 0 Å². The molecule has 0 aromatic rings. The second-order valence-corrected chi connectivity index (χ2v) is 4.26. The average molecular weight is 199 g/mol. The van der Waals surface area contributed by atoms with Crippen LogP contribution in [0.15, 0.2) is 0 Å². The summed E-state index contributed by atoms with van der Waals surface area (Å²) in [5.41, 5.74) is 0. The van der Waals surface area contributed by atoms with Crippen LogP contribution in [0.25, 0.3) is 0 Å². The molecule has 0 bridgehead atoms. The van der Waals surface area contributed by atoms with Crippen molar-refractivity contribution in [3.63, 3.8) is 0 Å². The molecule has 1 rings (SSSR count). The van der Waals surface area contributed by atoms with E-state index in [4.69, 9.17) is 0 Å². The smallest absolute Gasteiger partial charge is 0.239 e. The molecule has 1 unspecified atom stereocenters. The van der Waals surface area contributed by atoms with Crippen LogP contribution < -0.4 is 5.32 Å². The van der Waals surface area contributed by atoms with Crippen LogP contribution in [0.4, 0.5) is 0 Å². The summed E-state index contributed by atoms with van der Waals surface area (Å²) in [7, 11) is 3.62. The molecule has 14 heavy (non-hydrogen) atoms. The van der Waals surface area contributed by atoms with Gasteiger partial charge >= 0.3 is 0 Å². The Kier molecular flexibility index (Phi) is 3.89. The zero-order valence-electron chi connectivity index (χ0n) is 9.58. The van der Waals surface area contributed by atoms with Gasteiger partial charge < -0.3 is 10.2 Å². The van der Waals surface area contributed by atoms with Gasteiger partial charge in [0.15, 0.2) is 0 Å². The molecule has 0 radical (unpaired) electrons. The van der Waals surface area contributed by atoms with Gasteiger partial charge in [-0.3, -0.25) is 9.69 Å². The lowest BCUT2D eigenvalue weighted by Crippen LogP contribution is -2.55. The van der Waals surface area contributed by atoms with Crippen LogP contribution in [-0.2, 0) is 4.79 Å². The number of nitrogens with one attached hydrogen (secondary N) is 1. The first-order valence-electron chi connectivity index (χ1n) is 5.21. The average Bonchev–Trinajstić information content (AvgIpc) is 2.15. The van der Waals surface area contributed by atoms with E-state index in [9.17, 15) is 4.79 Å². The molecule has 1 aliphatic heterocycles. The fourth-order valence-electron chi connectivity index (χ4n) is 1.84. The fraction of sp³-hybridized carbons (Fsp3) is 0.900. The molecule has 2 atom stereocenters. The summed E-state index contributed by atoms with van der Waals surface area (Å²) in [4.78, 5) is 15.6. The Balaban J connectivity index is 2.51. The lowest BCUT2D eigenvalue weighted by atomic mass is 10.1. The Hall–Kier alpha value is -0.610. The van der Waals surface area contributed by atoms with Crippen LogP contribution >= 0.6 is 0 Å². The van der Waals surface area contributed by atoms with Gasteiger partial charge in [0.05, 0.1) is 6.04 Å². The van der Waals surface area contributed by atoms with E-state index in [-0.39, 0.29) is 11.9 Å². The Labute approximate surface area is 86.2 Å². The zero-order valence-corrected chi connectivity index (χ0v) is 9.58. The van der Waals surface area contributed by atoms with E-state index in [0.29, 0.717) is 6.04 Å². The molecule has 0 aromatic carbocycles. The fourth-order valence-corrected chi connectivity index (χ4v) is 1.84. The highest BCUT2D eigenvalue weighted by Crippen LogP contribution is 2.06. The molecule has 0 spiro atoms. The first-order valence-corrected chi connectivity index (χ1v) is 5.21. The second kappa shape index (κ2) is 4.75. The van der Waals surface area contributed by atoms with Gasteiger partial charge in [-0.15, -0.1) is 0 Å². The van der Waals surface area contributed by atoms with Crippen molar-refractivity contribution in [3.05, 3.63) is 0 Å². The van der Waals surface area contributed by atoms with Crippen molar-refractivity contribution in [1.82, 2.24) is 15.1 Å². The topological polar surface area (TPSA) is 35.6 Å². The molecule has 1 aliphatic rings. The third-order valence-electron chi connectivity index (χ3n) is 2.75. The molecule has 1 saturated heterocycles. The zero-order chi connectivity index (χ0) is 10.7. The third kappa shape index (κ3) is 2.69. The summed E-state index contributed by atoms with van der Waals surface area (Å²) >= 11 is 0. The van der Waals surface area contributed by atoms with Gasteiger partial charge in [0.2, 0.25) is 5.91 Å². The quantitative estimate of drug-likeness (QED) is 0.666. The van der Waals surface area contributed by atoms with Gasteiger partial charge in [0.1, 0.15) is 0 Å². The van der Waals surface area contributed by atoms with Gasteiger partial charge in [-0.2, -0.15) is 0 Å². The summed E-state index contributed by atoms with van der Waals surface area (Å²) in [5, 5.41) is 3.37. The Morgan fingerprint density at radius 1 is 1.57 bits per heavy atom. The molecule has 82 valence electrons. The molecule has 4 heteroatoms. The number of likely N-dealkylation sites (N-methyl/N-ethyl adjacent to an activating group) is 1. The number of amides is 1. The molecule has 0 aliphatic carbocycles. The number of piperazine rings is 1. The van der Waals surface area contributed by atoms with Crippen molar-refractivity contribution in [1.29, 1.82) is 0 Å². The van der Waals surface area contributed by atoms with E-state index in [0.717, 1.165) is 19.6 Å². The van der Waals surface area contributed by atoms with Crippen LogP contribution in [0.5, 0.6) is 0 Å².